The van der Waals surface area contributed by atoms with E-state index < -0.39 is 11.9 Å². The summed E-state index contributed by atoms with van der Waals surface area (Å²) in [4.78, 5) is 10.1. The van der Waals surface area contributed by atoms with Gasteiger partial charge in [-0.2, -0.15) is 0 Å². The minimum atomic E-state index is -1.02. The highest BCUT2D eigenvalue weighted by Crippen LogP contribution is 1.98. The molecule has 0 saturated carbocycles. The summed E-state index contributed by atoms with van der Waals surface area (Å²) in [6, 6.07) is 0. The van der Waals surface area contributed by atoms with Crippen LogP contribution in [0.1, 0.15) is 0 Å². The molecule has 0 aromatic carbocycles. The third-order valence-electron chi connectivity index (χ3n) is 0.832. The van der Waals surface area contributed by atoms with Crippen LogP contribution in [0.15, 0.2) is 25.0 Å². The van der Waals surface area contributed by atoms with Crippen LogP contribution in [0, 0.1) is 5.92 Å². The number of hydrogen-bond acceptors (Lipinski definition) is 2. The lowest BCUT2D eigenvalue weighted by Gasteiger charge is -1.95. The van der Waals surface area contributed by atoms with Gasteiger partial charge in [-0.1, -0.05) is 6.08 Å². The molecule has 0 saturated heterocycles. The molecule has 0 aliphatic carbocycles. The van der Waals surface area contributed by atoms with E-state index in [9.17, 15) is 4.79 Å². The molecule has 0 aromatic heterocycles. The number of hydrogen-bond donors (Lipinski definition) is 2. The lowest BCUT2D eigenvalue weighted by atomic mass is 10.1. The summed E-state index contributed by atoms with van der Waals surface area (Å²) in [5, 5.41) is 16.4. The zero-order chi connectivity index (χ0) is 7.28. The molecule has 50 valence electrons. The van der Waals surface area contributed by atoms with Gasteiger partial charge >= 0.3 is 5.97 Å². The highest BCUT2D eigenvalue weighted by atomic mass is 16.4. The molecule has 0 heterocycles. The Labute approximate surface area is 52.9 Å². The van der Waals surface area contributed by atoms with Gasteiger partial charge in [-0.05, 0) is 6.08 Å². The fourth-order valence-electron chi connectivity index (χ4n) is 0.354. The van der Waals surface area contributed by atoms with Gasteiger partial charge in [-0.3, -0.25) is 4.79 Å². The maximum atomic E-state index is 10.1. The molecule has 0 aliphatic heterocycles. The van der Waals surface area contributed by atoms with Crippen molar-refractivity contribution in [2.75, 3.05) is 0 Å². The van der Waals surface area contributed by atoms with E-state index in [-0.39, 0.29) is 0 Å². The first-order valence-corrected chi connectivity index (χ1v) is 2.38. The van der Waals surface area contributed by atoms with Crippen LogP contribution in [-0.2, 0) is 4.79 Å². The van der Waals surface area contributed by atoms with Crippen LogP contribution in [0.3, 0.4) is 0 Å². The second kappa shape index (κ2) is 3.72. The molecular weight excluding hydrogens is 120 g/mol. The summed E-state index contributed by atoms with van der Waals surface area (Å²) in [5.74, 6) is -1.80. The molecule has 1 unspecified atom stereocenters. The van der Waals surface area contributed by atoms with Crippen LogP contribution in [-0.4, -0.2) is 16.2 Å². The van der Waals surface area contributed by atoms with E-state index in [2.05, 4.69) is 6.58 Å². The number of carboxylic acids is 1. The van der Waals surface area contributed by atoms with Crippen LogP contribution in [0.25, 0.3) is 0 Å². The summed E-state index contributed by atoms with van der Waals surface area (Å²) in [5.41, 5.74) is 0. The molecule has 9 heavy (non-hydrogen) atoms. The Hall–Kier alpha value is -1.25. The van der Waals surface area contributed by atoms with Crippen molar-refractivity contribution in [2.24, 2.45) is 5.92 Å². The van der Waals surface area contributed by atoms with E-state index in [1.807, 2.05) is 0 Å². The quantitative estimate of drug-likeness (QED) is 0.439. The molecule has 0 aromatic rings. The van der Waals surface area contributed by atoms with Crippen molar-refractivity contribution < 1.29 is 15.0 Å². The summed E-state index contributed by atoms with van der Waals surface area (Å²) < 4.78 is 0. The Bertz CT molecular complexity index is 137. The van der Waals surface area contributed by atoms with Crippen molar-refractivity contribution in [3.05, 3.63) is 25.0 Å². The zero-order valence-electron chi connectivity index (χ0n) is 4.82. The maximum absolute atomic E-state index is 10.1. The summed E-state index contributed by atoms with van der Waals surface area (Å²) in [6.07, 6.45) is 3.06. The molecule has 0 radical (unpaired) electrons. The predicted octanol–water partition coefficient (Wildman–Crippen LogP) is 0.945. The van der Waals surface area contributed by atoms with E-state index >= 15 is 0 Å². The standard InChI is InChI=1S/C6H8O3/c1-2-5(3-4-7)6(8)9/h2-5,7H,1H2,(H,8,9). The Morgan fingerprint density at radius 2 is 2.22 bits per heavy atom. The average Bonchev–Trinajstić information content (AvgIpc) is 1.82. The Morgan fingerprint density at radius 1 is 1.67 bits per heavy atom. The molecule has 0 amide bonds. The largest absolute Gasteiger partial charge is 0.516 e. The number of aliphatic hydroxyl groups is 1. The first kappa shape index (κ1) is 7.75. The molecule has 3 heteroatoms. The monoisotopic (exact) mass is 128 g/mol. The molecule has 0 bridgehead atoms. The van der Waals surface area contributed by atoms with Gasteiger partial charge in [0.25, 0.3) is 0 Å². The molecule has 0 rings (SSSR count). The topological polar surface area (TPSA) is 57.5 Å². The van der Waals surface area contributed by atoms with Gasteiger partial charge in [-0.25, -0.2) is 0 Å². The highest BCUT2D eigenvalue weighted by Gasteiger charge is 2.06. The van der Waals surface area contributed by atoms with Crippen LogP contribution < -0.4 is 0 Å². The molecule has 0 spiro atoms. The predicted molar refractivity (Wildman–Crippen MR) is 33.1 cm³/mol. The van der Waals surface area contributed by atoms with Gasteiger partial charge in [0.1, 0.15) is 0 Å². The number of rotatable bonds is 3. The number of carbonyl (C=O) groups is 1. The second-order valence-electron chi connectivity index (χ2n) is 1.44. The third-order valence-corrected chi connectivity index (χ3v) is 0.832. The van der Waals surface area contributed by atoms with E-state index in [0.717, 1.165) is 6.08 Å². The van der Waals surface area contributed by atoms with Crippen LogP contribution in [0.2, 0.25) is 0 Å². The molecule has 1 atom stereocenters. The molecule has 2 N–H and O–H groups in total. The smallest absolute Gasteiger partial charge is 0.314 e. The van der Waals surface area contributed by atoms with E-state index in [1.165, 1.54) is 6.08 Å². The van der Waals surface area contributed by atoms with Crippen molar-refractivity contribution in [1.82, 2.24) is 0 Å². The van der Waals surface area contributed by atoms with Gasteiger partial charge in [-0.15, -0.1) is 6.58 Å². The average molecular weight is 128 g/mol. The van der Waals surface area contributed by atoms with E-state index in [0.29, 0.717) is 6.26 Å². The summed E-state index contributed by atoms with van der Waals surface area (Å²) in [7, 11) is 0. The van der Waals surface area contributed by atoms with Crippen LogP contribution in [0.5, 0.6) is 0 Å². The van der Waals surface area contributed by atoms with Gasteiger partial charge in [0, 0.05) is 0 Å². The van der Waals surface area contributed by atoms with Crippen molar-refractivity contribution in [2.45, 2.75) is 0 Å². The van der Waals surface area contributed by atoms with Gasteiger partial charge in [0.05, 0.1) is 12.2 Å². The first-order chi connectivity index (χ1) is 4.22. The Morgan fingerprint density at radius 3 is 2.33 bits per heavy atom. The first-order valence-electron chi connectivity index (χ1n) is 2.38. The maximum Gasteiger partial charge on any atom is 0.314 e. The number of aliphatic carboxylic acids is 1. The molecular formula is C6H8O3. The van der Waals surface area contributed by atoms with E-state index in [4.69, 9.17) is 10.2 Å². The molecule has 0 aliphatic rings. The van der Waals surface area contributed by atoms with E-state index in [1.54, 1.807) is 0 Å². The second-order valence-corrected chi connectivity index (χ2v) is 1.44. The number of aliphatic hydroxyl groups excluding tert-OH is 1. The Balaban J connectivity index is 3.98. The molecule has 0 fully saturated rings. The fraction of sp³-hybridized carbons (Fsp3) is 0.167. The van der Waals surface area contributed by atoms with Crippen molar-refractivity contribution in [3.63, 3.8) is 0 Å². The SMILES string of the molecule is C=CC(C=CO)C(=O)O. The van der Waals surface area contributed by atoms with Crippen LogP contribution in [0.4, 0.5) is 0 Å². The van der Waals surface area contributed by atoms with Gasteiger partial charge < -0.3 is 10.2 Å². The van der Waals surface area contributed by atoms with Crippen molar-refractivity contribution >= 4 is 5.97 Å². The van der Waals surface area contributed by atoms with Crippen LogP contribution >= 0.6 is 0 Å². The molecule has 3 nitrogen and oxygen atoms in total. The number of carboxylic acid groups (broad SMARTS) is 1. The lowest BCUT2D eigenvalue weighted by molar-refractivity contribution is -0.138. The normalized spacial score (nSPS) is 13.3. The Kier molecular flexibility index (Phi) is 3.20. The van der Waals surface area contributed by atoms with Gasteiger partial charge in [0.15, 0.2) is 0 Å². The fourth-order valence-corrected chi connectivity index (χ4v) is 0.354. The third kappa shape index (κ3) is 2.54. The summed E-state index contributed by atoms with van der Waals surface area (Å²) >= 11 is 0. The highest BCUT2D eigenvalue weighted by molar-refractivity contribution is 5.74. The zero-order valence-corrected chi connectivity index (χ0v) is 4.82. The van der Waals surface area contributed by atoms with Crippen molar-refractivity contribution in [1.29, 1.82) is 0 Å². The van der Waals surface area contributed by atoms with Gasteiger partial charge in [0.2, 0.25) is 0 Å². The lowest BCUT2D eigenvalue weighted by Crippen LogP contribution is -2.06. The minimum absolute atomic E-state index is 0.695. The summed E-state index contributed by atoms with van der Waals surface area (Å²) in [6.45, 7) is 3.26. The minimum Gasteiger partial charge on any atom is -0.516 e. The van der Waals surface area contributed by atoms with Crippen molar-refractivity contribution in [3.8, 4) is 0 Å².